The lowest BCUT2D eigenvalue weighted by molar-refractivity contribution is 0.102. The Labute approximate surface area is 195 Å². The molecule has 1 heterocycles. The quantitative estimate of drug-likeness (QED) is 0.469. The van der Waals surface area contributed by atoms with Gasteiger partial charge < -0.3 is 4.42 Å². The molecule has 33 heavy (non-hydrogen) atoms. The van der Waals surface area contributed by atoms with Gasteiger partial charge in [-0.2, -0.15) is 0 Å². The normalized spacial score (nSPS) is 11.8. The zero-order chi connectivity index (χ0) is 24.0. The number of carbonyl (C=O) groups is 1. The van der Waals surface area contributed by atoms with Gasteiger partial charge in [0.1, 0.15) is 0 Å². The third-order valence-corrected chi connectivity index (χ3v) is 7.21. The first kappa shape index (κ1) is 24.6. The smallest absolute Gasteiger partial charge is 0.322 e. The van der Waals surface area contributed by atoms with E-state index in [1.165, 1.54) is 34.1 Å². The second-order valence-corrected chi connectivity index (χ2v) is 10.3. The van der Waals surface area contributed by atoms with Crippen LogP contribution in [0.5, 0.6) is 0 Å². The van der Waals surface area contributed by atoms with E-state index < -0.39 is 15.9 Å². The van der Waals surface area contributed by atoms with Gasteiger partial charge in [0.2, 0.25) is 15.9 Å². The summed E-state index contributed by atoms with van der Waals surface area (Å²) in [4.78, 5) is 12.7. The molecule has 0 bridgehead atoms. The number of unbranched alkanes of at least 4 members (excludes halogenated alkanes) is 1. The summed E-state index contributed by atoms with van der Waals surface area (Å²) in [5, 5.41) is 10.4. The molecule has 0 spiro atoms. The fourth-order valence-electron chi connectivity index (χ4n) is 3.20. The van der Waals surface area contributed by atoms with Crippen LogP contribution in [0.4, 0.5) is 6.01 Å². The van der Waals surface area contributed by atoms with Crippen molar-refractivity contribution in [3.8, 4) is 0 Å². The Morgan fingerprint density at radius 3 is 2.33 bits per heavy atom. The molecule has 0 aliphatic carbocycles. The molecule has 176 valence electrons. The summed E-state index contributed by atoms with van der Waals surface area (Å²) >= 11 is 0. The Morgan fingerprint density at radius 2 is 1.73 bits per heavy atom. The van der Waals surface area contributed by atoms with Crippen molar-refractivity contribution in [3.05, 3.63) is 71.1 Å². The van der Waals surface area contributed by atoms with Crippen molar-refractivity contribution in [2.45, 2.75) is 50.8 Å². The zero-order valence-electron chi connectivity index (χ0n) is 19.4. The average Bonchev–Trinajstić information content (AvgIpc) is 3.24. The molecule has 0 atom stereocenters. The van der Waals surface area contributed by atoms with Gasteiger partial charge in [0.25, 0.3) is 5.91 Å². The van der Waals surface area contributed by atoms with Crippen LogP contribution < -0.4 is 5.32 Å². The van der Waals surface area contributed by atoms with Gasteiger partial charge in [0.15, 0.2) is 0 Å². The lowest BCUT2D eigenvalue weighted by atomic mass is 10.0. The molecule has 3 aromatic rings. The average molecular weight is 471 g/mol. The van der Waals surface area contributed by atoms with Gasteiger partial charge in [-0.15, -0.1) is 5.10 Å². The molecule has 0 saturated heterocycles. The van der Waals surface area contributed by atoms with E-state index in [0.29, 0.717) is 24.8 Å². The monoisotopic (exact) mass is 470 g/mol. The molecule has 0 unspecified atom stereocenters. The number of amides is 1. The number of benzene rings is 2. The van der Waals surface area contributed by atoms with E-state index in [9.17, 15) is 13.2 Å². The second-order valence-electron chi connectivity index (χ2n) is 8.23. The van der Waals surface area contributed by atoms with Gasteiger partial charge in [0, 0.05) is 19.2 Å². The molecule has 1 amide bonds. The predicted molar refractivity (Wildman–Crippen MR) is 127 cm³/mol. The van der Waals surface area contributed by atoms with E-state index in [1.807, 2.05) is 19.1 Å². The lowest BCUT2D eigenvalue weighted by Crippen LogP contribution is -2.28. The van der Waals surface area contributed by atoms with Gasteiger partial charge in [0.05, 0.1) is 11.3 Å². The minimum Gasteiger partial charge on any atom is -0.407 e. The van der Waals surface area contributed by atoms with Crippen LogP contribution in [0.25, 0.3) is 0 Å². The highest BCUT2D eigenvalue weighted by Crippen LogP contribution is 2.19. The molecule has 0 saturated carbocycles. The van der Waals surface area contributed by atoms with E-state index in [2.05, 4.69) is 41.5 Å². The van der Waals surface area contributed by atoms with Crippen LogP contribution in [-0.2, 0) is 16.4 Å². The second kappa shape index (κ2) is 10.7. The molecular weight excluding hydrogens is 440 g/mol. The van der Waals surface area contributed by atoms with Crippen molar-refractivity contribution in [1.29, 1.82) is 0 Å². The third-order valence-electron chi connectivity index (χ3n) is 5.34. The molecule has 1 N–H and O–H groups in total. The van der Waals surface area contributed by atoms with Gasteiger partial charge >= 0.3 is 6.01 Å². The van der Waals surface area contributed by atoms with E-state index in [0.717, 1.165) is 18.4 Å². The van der Waals surface area contributed by atoms with Crippen LogP contribution >= 0.6 is 0 Å². The van der Waals surface area contributed by atoms with E-state index in [1.54, 1.807) is 7.05 Å². The summed E-state index contributed by atoms with van der Waals surface area (Å²) in [5.41, 5.74) is 2.57. The number of nitrogens with one attached hydrogen (secondary N) is 1. The number of carbonyl (C=O) groups excluding carboxylic acids is 1. The third kappa shape index (κ3) is 6.27. The first-order chi connectivity index (χ1) is 15.7. The molecule has 0 radical (unpaired) electrons. The topological polar surface area (TPSA) is 105 Å². The molecule has 0 aliphatic rings. The maximum absolute atomic E-state index is 12.6. The summed E-state index contributed by atoms with van der Waals surface area (Å²) in [7, 11) is -2.03. The van der Waals surface area contributed by atoms with Gasteiger partial charge in [-0.3, -0.25) is 10.1 Å². The van der Waals surface area contributed by atoms with Crippen molar-refractivity contribution in [2.75, 3.05) is 18.9 Å². The zero-order valence-corrected chi connectivity index (χ0v) is 20.2. The van der Waals surface area contributed by atoms with Crippen molar-refractivity contribution in [3.63, 3.8) is 0 Å². The summed E-state index contributed by atoms with van der Waals surface area (Å²) in [5.74, 6) is 0.384. The standard InChI is InChI=1S/C24H30N4O4S/c1-5-6-15-28(4)33(30,31)21-13-11-20(12-14-21)23(29)25-24-27-26-22(32-24)16-18-7-9-19(10-8-18)17(2)3/h7-14,17H,5-6,15-16H2,1-4H3,(H,25,27,29). The van der Waals surface area contributed by atoms with E-state index in [-0.39, 0.29) is 16.5 Å². The minimum absolute atomic E-state index is 0.00945. The van der Waals surface area contributed by atoms with Gasteiger partial charge in [-0.1, -0.05) is 56.6 Å². The van der Waals surface area contributed by atoms with Crippen LogP contribution in [0.15, 0.2) is 57.8 Å². The molecule has 3 rings (SSSR count). The Bertz CT molecular complexity index is 1170. The molecule has 9 heteroatoms. The van der Waals surface area contributed by atoms with Crippen molar-refractivity contribution < 1.29 is 17.6 Å². The van der Waals surface area contributed by atoms with E-state index in [4.69, 9.17) is 4.42 Å². The molecule has 0 fully saturated rings. The highest BCUT2D eigenvalue weighted by atomic mass is 32.2. The van der Waals surface area contributed by atoms with Crippen LogP contribution in [0.1, 0.15) is 66.9 Å². The Kier molecular flexibility index (Phi) is 7.99. The summed E-state index contributed by atoms with van der Waals surface area (Å²) in [6, 6.07) is 14.0. The molecule has 0 aliphatic heterocycles. The highest BCUT2D eigenvalue weighted by Gasteiger charge is 2.21. The predicted octanol–water partition coefficient (Wildman–Crippen LogP) is 4.46. The maximum Gasteiger partial charge on any atom is 0.322 e. The molecule has 1 aromatic heterocycles. The first-order valence-corrected chi connectivity index (χ1v) is 12.4. The number of hydrogen-bond acceptors (Lipinski definition) is 6. The number of anilines is 1. The first-order valence-electron chi connectivity index (χ1n) is 11.0. The largest absolute Gasteiger partial charge is 0.407 e. The summed E-state index contributed by atoms with van der Waals surface area (Å²) in [6.07, 6.45) is 2.14. The fourth-order valence-corrected chi connectivity index (χ4v) is 4.41. The number of sulfonamides is 1. The van der Waals surface area contributed by atoms with Crippen LogP contribution in [0.3, 0.4) is 0 Å². The van der Waals surface area contributed by atoms with E-state index >= 15 is 0 Å². The number of rotatable bonds is 10. The lowest BCUT2D eigenvalue weighted by Gasteiger charge is -2.16. The number of aromatic nitrogens is 2. The van der Waals surface area contributed by atoms with Crippen LogP contribution in [-0.4, -0.2) is 42.4 Å². The van der Waals surface area contributed by atoms with Gasteiger partial charge in [-0.25, -0.2) is 12.7 Å². The van der Waals surface area contributed by atoms with Gasteiger partial charge in [-0.05, 0) is 47.7 Å². The van der Waals surface area contributed by atoms with Crippen molar-refractivity contribution in [1.82, 2.24) is 14.5 Å². The minimum atomic E-state index is -3.59. The van der Waals surface area contributed by atoms with Crippen molar-refractivity contribution >= 4 is 21.9 Å². The maximum atomic E-state index is 12.6. The Balaban J connectivity index is 1.62. The van der Waals surface area contributed by atoms with Crippen molar-refractivity contribution in [2.24, 2.45) is 0 Å². The SMILES string of the molecule is CCCCN(C)S(=O)(=O)c1ccc(C(=O)Nc2nnc(Cc3ccc(C(C)C)cc3)o2)cc1. The fraction of sp³-hybridized carbons (Fsp3) is 0.375. The number of hydrogen-bond donors (Lipinski definition) is 1. The molecule has 8 nitrogen and oxygen atoms in total. The van der Waals surface area contributed by atoms with Crippen LogP contribution in [0.2, 0.25) is 0 Å². The highest BCUT2D eigenvalue weighted by molar-refractivity contribution is 7.89. The number of nitrogens with zero attached hydrogens (tertiary/aromatic N) is 3. The molecular formula is C24H30N4O4S. The van der Waals surface area contributed by atoms with Crippen LogP contribution in [0, 0.1) is 0 Å². The Hall–Kier alpha value is -3.04. The molecule has 2 aromatic carbocycles. The Morgan fingerprint density at radius 1 is 1.06 bits per heavy atom. The summed E-state index contributed by atoms with van der Waals surface area (Å²) in [6.45, 7) is 6.73. The summed E-state index contributed by atoms with van der Waals surface area (Å²) < 4.78 is 32.1.